The second-order valence-electron chi connectivity index (χ2n) is 4.24. The van der Waals surface area contributed by atoms with Crippen LogP contribution >= 0.6 is 15.9 Å². The number of ether oxygens (including phenoxy) is 1. The van der Waals surface area contributed by atoms with Crippen LogP contribution in [0.15, 0.2) is 15.5 Å². The number of methoxy groups -OCH3 is 1. The highest BCUT2D eigenvalue weighted by atomic mass is 79.9. The van der Waals surface area contributed by atoms with Gasteiger partial charge in [0.15, 0.2) is 0 Å². The van der Waals surface area contributed by atoms with E-state index in [2.05, 4.69) is 26.3 Å². The van der Waals surface area contributed by atoms with Gasteiger partial charge in [0.25, 0.3) is 5.56 Å². The SMILES string of the molecule is COCC(C)(C)Nc1cnn(C)c(=O)c1Br. The van der Waals surface area contributed by atoms with Crippen LogP contribution in [0.3, 0.4) is 0 Å². The molecule has 1 heterocycles. The van der Waals surface area contributed by atoms with Gasteiger partial charge in [0.05, 0.1) is 24.0 Å². The van der Waals surface area contributed by atoms with Crippen molar-refractivity contribution in [1.29, 1.82) is 0 Å². The molecule has 0 atom stereocenters. The number of nitrogens with one attached hydrogen (secondary N) is 1. The number of hydrogen-bond acceptors (Lipinski definition) is 4. The molecule has 0 aromatic carbocycles. The van der Waals surface area contributed by atoms with Crippen molar-refractivity contribution in [3.05, 3.63) is 21.0 Å². The van der Waals surface area contributed by atoms with Gasteiger partial charge in [-0.3, -0.25) is 4.79 Å². The lowest BCUT2D eigenvalue weighted by atomic mass is 10.1. The fourth-order valence-electron chi connectivity index (χ4n) is 1.36. The van der Waals surface area contributed by atoms with Crippen LogP contribution < -0.4 is 10.9 Å². The maximum atomic E-state index is 11.6. The Morgan fingerprint density at radius 2 is 2.25 bits per heavy atom. The van der Waals surface area contributed by atoms with Crippen LogP contribution in [0.4, 0.5) is 5.69 Å². The molecule has 1 aromatic heterocycles. The number of anilines is 1. The zero-order chi connectivity index (χ0) is 12.3. The summed E-state index contributed by atoms with van der Waals surface area (Å²) in [6.07, 6.45) is 1.61. The maximum absolute atomic E-state index is 11.6. The number of aromatic nitrogens is 2. The van der Waals surface area contributed by atoms with E-state index in [-0.39, 0.29) is 11.1 Å². The van der Waals surface area contributed by atoms with Crippen molar-refractivity contribution in [1.82, 2.24) is 9.78 Å². The lowest BCUT2D eigenvalue weighted by Crippen LogP contribution is -2.37. The van der Waals surface area contributed by atoms with Crippen LogP contribution in [0.5, 0.6) is 0 Å². The van der Waals surface area contributed by atoms with Gasteiger partial charge in [-0.2, -0.15) is 5.10 Å². The minimum Gasteiger partial charge on any atom is -0.382 e. The monoisotopic (exact) mass is 289 g/mol. The Labute approximate surface area is 103 Å². The average Bonchev–Trinajstić information content (AvgIpc) is 2.19. The Bertz CT molecular complexity index is 429. The van der Waals surface area contributed by atoms with Crippen LogP contribution in [-0.2, 0) is 11.8 Å². The largest absolute Gasteiger partial charge is 0.382 e. The molecule has 16 heavy (non-hydrogen) atoms. The molecule has 0 aliphatic carbocycles. The van der Waals surface area contributed by atoms with Gasteiger partial charge in [0, 0.05) is 14.2 Å². The van der Waals surface area contributed by atoms with Crippen LogP contribution in [0.25, 0.3) is 0 Å². The maximum Gasteiger partial charge on any atom is 0.282 e. The van der Waals surface area contributed by atoms with E-state index in [9.17, 15) is 4.79 Å². The number of nitrogens with zero attached hydrogens (tertiary/aromatic N) is 2. The first kappa shape index (κ1) is 13.2. The normalized spacial score (nSPS) is 11.6. The topological polar surface area (TPSA) is 56.1 Å². The van der Waals surface area contributed by atoms with Gasteiger partial charge < -0.3 is 10.1 Å². The Morgan fingerprint density at radius 3 is 2.81 bits per heavy atom. The molecule has 0 aliphatic heterocycles. The average molecular weight is 290 g/mol. The summed E-state index contributed by atoms with van der Waals surface area (Å²) in [7, 11) is 3.25. The van der Waals surface area contributed by atoms with Gasteiger partial charge in [0.2, 0.25) is 0 Å². The second kappa shape index (κ2) is 4.97. The van der Waals surface area contributed by atoms with Gasteiger partial charge in [-0.05, 0) is 29.8 Å². The van der Waals surface area contributed by atoms with Crippen LogP contribution in [0, 0.1) is 0 Å². The first-order valence-electron chi connectivity index (χ1n) is 4.86. The summed E-state index contributed by atoms with van der Waals surface area (Å²) >= 11 is 3.26. The molecule has 0 saturated heterocycles. The highest BCUT2D eigenvalue weighted by Gasteiger charge is 2.19. The van der Waals surface area contributed by atoms with Crippen LogP contribution in [0.2, 0.25) is 0 Å². The molecule has 0 aliphatic rings. The third-order valence-corrected chi connectivity index (χ3v) is 2.82. The summed E-state index contributed by atoms with van der Waals surface area (Å²) in [5, 5.41) is 7.16. The number of rotatable bonds is 4. The molecule has 1 rings (SSSR count). The molecule has 0 spiro atoms. The molecule has 90 valence electrons. The first-order valence-corrected chi connectivity index (χ1v) is 5.65. The molecule has 1 N–H and O–H groups in total. The van der Waals surface area contributed by atoms with E-state index in [1.807, 2.05) is 13.8 Å². The van der Waals surface area contributed by atoms with Crippen molar-refractivity contribution < 1.29 is 4.74 Å². The van der Waals surface area contributed by atoms with E-state index in [0.717, 1.165) is 0 Å². The number of aryl methyl sites for hydroxylation is 1. The van der Waals surface area contributed by atoms with Gasteiger partial charge in [-0.15, -0.1) is 0 Å². The van der Waals surface area contributed by atoms with E-state index in [0.29, 0.717) is 16.8 Å². The molecule has 0 saturated carbocycles. The lowest BCUT2D eigenvalue weighted by Gasteiger charge is -2.26. The highest BCUT2D eigenvalue weighted by molar-refractivity contribution is 9.10. The Balaban J connectivity index is 2.99. The summed E-state index contributed by atoms with van der Waals surface area (Å²) in [4.78, 5) is 11.6. The molecule has 0 fully saturated rings. The smallest absolute Gasteiger partial charge is 0.282 e. The van der Waals surface area contributed by atoms with E-state index >= 15 is 0 Å². The molecule has 6 heteroatoms. The summed E-state index contributed by atoms with van der Waals surface area (Å²) in [6.45, 7) is 4.51. The van der Waals surface area contributed by atoms with E-state index in [1.54, 1.807) is 20.4 Å². The minimum atomic E-state index is -0.259. The predicted octanol–water partition coefficient (Wildman–Crippen LogP) is 1.38. The molecular formula is C10H16BrN3O2. The zero-order valence-corrected chi connectivity index (χ0v) is 11.5. The second-order valence-corrected chi connectivity index (χ2v) is 5.04. The van der Waals surface area contributed by atoms with E-state index in [1.165, 1.54) is 4.68 Å². The quantitative estimate of drug-likeness (QED) is 0.910. The molecule has 0 radical (unpaired) electrons. The summed E-state index contributed by atoms with van der Waals surface area (Å²) in [6, 6.07) is 0. The molecule has 1 aromatic rings. The molecule has 0 bridgehead atoms. The van der Waals surface area contributed by atoms with Gasteiger partial charge in [-0.25, -0.2) is 4.68 Å². The lowest BCUT2D eigenvalue weighted by molar-refractivity contribution is 0.158. The van der Waals surface area contributed by atoms with E-state index in [4.69, 9.17) is 4.74 Å². The summed E-state index contributed by atoms with van der Waals surface area (Å²) < 4.78 is 6.85. The van der Waals surface area contributed by atoms with Gasteiger partial charge >= 0.3 is 0 Å². The van der Waals surface area contributed by atoms with Crippen molar-refractivity contribution >= 4 is 21.6 Å². The van der Waals surface area contributed by atoms with Crippen LogP contribution in [-0.4, -0.2) is 29.0 Å². The number of hydrogen-bond donors (Lipinski definition) is 1. The fourth-order valence-corrected chi connectivity index (χ4v) is 1.82. The van der Waals surface area contributed by atoms with Crippen molar-refractivity contribution in [3.63, 3.8) is 0 Å². The third-order valence-electron chi connectivity index (χ3n) is 2.06. The van der Waals surface area contributed by atoms with Crippen molar-refractivity contribution in [2.75, 3.05) is 19.0 Å². The fraction of sp³-hybridized carbons (Fsp3) is 0.600. The standard InChI is InChI=1S/C10H16BrN3O2/c1-10(2,6-16-4)13-7-5-12-14(3)9(15)8(7)11/h5,13H,6H2,1-4H3. The summed E-state index contributed by atoms with van der Waals surface area (Å²) in [5.41, 5.74) is 0.245. The molecule has 0 amide bonds. The zero-order valence-electron chi connectivity index (χ0n) is 9.87. The van der Waals surface area contributed by atoms with Crippen molar-refractivity contribution in [2.45, 2.75) is 19.4 Å². The minimum absolute atomic E-state index is 0.168. The van der Waals surface area contributed by atoms with Crippen molar-refractivity contribution in [3.8, 4) is 0 Å². The van der Waals surface area contributed by atoms with Gasteiger partial charge in [0.1, 0.15) is 4.47 Å². The third kappa shape index (κ3) is 3.05. The Morgan fingerprint density at radius 1 is 1.62 bits per heavy atom. The van der Waals surface area contributed by atoms with Gasteiger partial charge in [-0.1, -0.05) is 0 Å². The molecular weight excluding hydrogens is 274 g/mol. The Hall–Kier alpha value is -0.880. The predicted molar refractivity (Wildman–Crippen MR) is 66.8 cm³/mol. The summed E-state index contributed by atoms with van der Waals surface area (Å²) in [5.74, 6) is 0. The first-order chi connectivity index (χ1) is 7.37. The highest BCUT2D eigenvalue weighted by Crippen LogP contribution is 2.20. The van der Waals surface area contributed by atoms with E-state index < -0.39 is 0 Å². The molecule has 5 nitrogen and oxygen atoms in total. The number of halogens is 1. The molecule has 0 unspecified atom stereocenters. The van der Waals surface area contributed by atoms with Crippen molar-refractivity contribution in [2.24, 2.45) is 7.05 Å². The Kier molecular flexibility index (Phi) is 4.09. The van der Waals surface area contributed by atoms with Crippen LogP contribution in [0.1, 0.15) is 13.8 Å².